The minimum absolute atomic E-state index is 0.0294. The molecule has 1 N–H and O–H groups in total. The van der Waals surface area contributed by atoms with Gasteiger partial charge in [-0.2, -0.15) is 9.54 Å². The monoisotopic (exact) mass is 244 g/mol. The van der Waals surface area contributed by atoms with Gasteiger partial charge < -0.3 is 9.52 Å². The Kier molecular flexibility index (Phi) is 2.59. The fourth-order valence-electron chi connectivity index (χ4n) is 2.16. The van der Waals surface area contributed by atoms with Crippen LogP contribution < -0.4 is 4.53 Å². The molecule has 0 spiro atoms. The van der Waals surface area contributed by atoms with Crippen LogP contribution in [-0.4, -0.2) is 22.6 Å². The van der Waals surface area contributed by atoms with Crippen LogP contribution in [0.4, 0.5) is 5.88 Å². The standard InChI is InChI=1S/C10H13ClN2O3/c1-4-12-6(3)7-5(2)8(10(14)15)16-9(7)13(12)11/h6H,4H2,1-3H3,(H,14,15). The molecule has 0 aliphatic carbocycles. The smallest absolute Gasteiger partial charge is 0.372 e. The van der Waals surface area contributed by atoms with Crippen molar-refractivity contribution in [2.45, 2.75) is 26.8 Å². The van der Waals surface area contributed by atoms with Crippen molar-refractivity contribution in [2.24, 2.45) is 0 Å². The summed E-state index contributed by atoms with van der Waals surface area (Å²) < 4.78 is 6.65. The number of nitrogens with zero attached hydrogens (tertiary/aromatic N) is 2. The van der Waals surface area contributed by atoms with E-state index >= 15 is 0 Å². The van der Waals surface area contributed by atoms with Gasteiger partial charge in [-0.25, -0.2) is 4.79 Å². The van der Waals surface area contributed by atoms with Crippen LogP contribution >= 0.6 is 11.8 Å². The quantitative estimate of drug-likeness (QED) is 0.811. The zero-order chi connectivity index (χ0) is 12.0. The van der Waals surface area contributed by atoms with Crippen LogP contribution in [0, 0.1) is 6.92 Å². The number of halogens is 1. The van der Waals surface area contributed by atoms with Gasteiger partial charge in [0.15, 0.2) is 0 Å². The molecule has 2 heterocycles. The van der Waals surface area contributed by atoms with E-state index in [-0.39, 0.29) is 11.8 Å². The van der Waals surface area contributed by atoms with Gasteiger partial charge in [-0.05, 0) is 13.8 Å². The van der Waals surface area contributed by atoms with Gasteiger partial charge in [0.1, 0.15) is 0 Å². The predicted octanol–water partition coefficient (Wildman–Crippen LogP) is 2.56. The molecule has 0 aromatic carbocycles. The fourth-order valence-corrected chi connectivity index (χ4v) is 2.52. The van der Waals surface area contributed by atoms with Gasteiger partial charge in [0, 0.05) is 29.4 Å². The lowest BCUT2D eigenvalue weighted by Gasteiger charge is -2.24. The maximum Gasteiger partial charge on any atom is 0.372 e. The molecular weight excluding hydrogens is 232 g/mol. The number of hydrogen-bond acceptors (Lipinski definition) is 4. The summed E-state index contributed by atoms with van der Waals surface area (Å²) in [6, 6.07) is 0.0364. The molecule has 0 fully saturated rings. The van der Waals surface area contributed by atoms with Crippen molar-refractivity contribution in [2.75, 3.05) is 11.1 Å². The lowest BCUT2D eigenvalue weighted by molar-refractivity contribution is 0.0661. The normalized spacial score (nSPS) is 20.2. The average molecular weight is 245 g/mol. The molecule has 1 atom stereocenters. The molecule has 0 amide bonds. The molecule has 1 unspecified atom stereocenters. The fraction of sp³-hybridized carbons (Fsp3) is 0.500. The molecule has 16 heavy (non-hydrogen) atoms. The first-order valence-corrected chi connectivity index (χ1v) is 5.41. The Labute approximate surface area is 98.3 Å². The van der Waals surface area contributed by atoms with Gasteiger partial charge in [0.2, 0.25) is 11.6 Å². The molecule has 2 rings (SSSR count). The summed E-state index contributed by atoms with van der Waals surface area (Å²) in [7, 11) is 0. The van der Waals surface area contributed by atoms with Gasteiger partial charge in [-0.3, -0.25) is 0 Å². The molecule has 0 saturated carbocycles. The number of carboxylic acids is 1. The minimum atomic E-state index is -1.06. The van der Waals surface area contributed by atoms with Gasteiger partial charge in [0.05, 0.1) is 6.04 Å². The molecule has 88 valence electrons. The number of furan rings is 1. The lowest BCUT2D eigenvalue weighted by Crippen LogP contribution is -2.32. The SMILES string of the molecule is CCN1C(C)c2c(oc(C(=O)O)c2C)N1Cl. The number of hydrazine groups is 1. The first-order chi connectivity index (χ1) is 7.49. The molecule has 1 aliphatic rings. The summed E-state index contributed by atoms with van der Waals surface area (Å²) in [6.45, 7) is 6.42. The van der Waals surface area contributed by atoms with Crippen molar-refractivity contribution < 1.29 is 14.3 Å². The number of anilines is 1. The summed E-state index contributed by atoms with van der Waals surface area (Å²) >= 11 is 6.07. The summed E-state index contributed by atoms with van der Waals surface area (Å²) in [5.74, 6) is -0.670. The number of carboxylic acid groups (broad SMARTS) is 1. The second-order valence-corrected chi connectivity index (χ2v) is 4.09. The molecule has 0 radical (unpaired) electrons. The number of aromatic carboxylic acids is 1. The Hall–Kier alpha value is -1.20. The molecular formula is C10H13ClN2O3. The molecule has 6 heteroatoms. The maximum absolute atomic E-state index is 10.9. The van der Waals surface area contributed by atoms with E-state index < -0.39 is 5.97 Å². The van der Waals surface area contributed by atoms with Crippen LogP contribution in [0.15, 0.2) is 4.42 Å². The highest BCUT2D eigenvalue weighted by atomic mass is 35.5. The highest BCUT2D eigenvalue weighted by Gasteiger charge is 2.39. The molecule has 1 aromatic rings. The van der Waals surface area contributed by atoms with Crippen molar-refractivity contribution >= 4 is 23.6 Å². The molecule has 5 nitrogen and oxygen atoms in total. The third-order valence-corrected chi connectivity index (χ3v) is 3.30. The number of rotatable bonds is 2. The average Bonchev–Trinajstić information content (AvgIpc) is 2.66. The van der Waals surface area contributed by atoms with Crippen molar-refractivity contribution in [3.05, 3.63) is 16.9 Å². The Morgan fingerprint density at radius 3 is 2.69 bits per heavy atom. The Morgan fingerprint density at radius 2 is 2.25 bits per heavy atom. The van der Waals surface area contributed by atoms with Crippen molar-refractivity contribution in [3.8, 4) is 0 Å². The Bertz CT molecular complexity index is 444. The second-order valence-electron chi connectivity index (χ2n) is 3.77. The van der Waals surface area contributed by atoms with Crippen molar-refractivity contribution in [1.29, 1.82) is 0 Å². The zero-order valence-corrected chi connectivity index (χ0v) is 10.1. The van der Waals surface area contributed by atoms with E-state index in [0.717, 1.165) is 12.1 Å². The predicted molar refractivity (Wildman–Crippen MR) is 59.5 cm³/mol. The molecule has 0 saturated heterocycles. The van der Waals surface area contributed by atoms with Gasteiger partial charge in [0.25, 0.3) is 0 Å². The van der Waals surface area contributed by atoms with E-state index in [1.165, 1.54) is 4.53 Å². The Balaban J connectivity index is 2.53. The number of hydrogen-bond donors (Lipinski definition) is 1. The van der Waals surface area contributed by atoms with Crippen LogP contribution in [0.3, 0.4) is 0 Å². The molecule has 0 bridgehead atoms. The van der Waals surface area contributed by atoms with Gasteiger partial charge >= 0.3 is 5.97 Å². The minimum Gasteiger partial charge on any atom is -0.475 e. The van der Waals surface area contributed by atoms with E-state index in [0.29, 0.717) is 11.4 Å². The third-order valence-electron chi connectivity index (χ3n) is 2.95. The first kappa shape index (κ1) is 11.3. The lowest BCUT2D eigenvalue weighted by atomic mass is 10.1. The van der Waals surface area contributed by atoms with E-state index in [1.54, 1.807) is 6.92 Å². The van der Waals surface area contributed by atoms with Crippen LogP contribution in [0.5, 0.6) is 0 Å². The van der Waals surface area contributed by atoms with Gasteiger partial charge in [-0.1, -0.05) is 6.92 Å². The van der Waals surface area contributed by atoms with Crippen molar-refractivity contribution in [1.82, 2.24) is 5.01 Å². The highest BCUT2D eigenvalue weighted by molar-refractivity contribution is 6.25. The summed E-state index contributed by atoms with van der Waals surface area (Å²) in [5.41, 5.74) is 1.51. The zero-order valence-electron chi connectivity index (χ0n) is 9.32. The van der Waals surface area contributed by atoms with Gasteiger partial charge in [-0.15, -0.1) is 0 Å². The van der Waals surface area contributed by atoms with Crippen molar-refractivity contribution in [3.63, 3.8) is 0 Å². The number of fused-ring (bicyclic) bond motifs is 1. The number of carbonyl (C=O) groups is 1. The second kappa shape index (κ2) is 3.68. The van der Waals surface area contributed by atoms with E-state index in [2.05, 4.69) is 0 Å². The highest BCUT2D eigenvalue weighted by Crippen LogP contribution is 2.45. The van der Waals surface area contributed by atoms with Crippen LogP contribution in [0.1, 0.15) is 41.6 Å². The summed E-state index contributed by atoms with van der Waals surface area (Å²) in [4.78, 5) is 10.9. The Morgan fingerprint density at radius 1 is 1.62 bits per heavy atom. The molecule has 1 aliphatic heterocycles. The van der Waals surface area contributed by atoms with Crippen LogP contribution in [0.25, 0.3) is 0 Å². The summed E-state index contributed by atoms with van der Waals surface area (Å²) in [5, 5.41) is 10.8. The third kappa shape index (κ3) is 1.32. The molecule has 1 aromatic heterocycles. The van der Waals surface area contributed by atoms with Crippen LogP contribution in [-0.2, 0) is 0 Å². The largest absolute Gasteiger partial charge is 0.475 e. The van der Waals surface area contributed by atoms with E-state index in [9.17, 15) is 4.79 Å². The van der Waals surface area contributed by atoms with Crippen LogP contribution in [0.2, 0.25) is 0 Å². The van der Waals surface area contributed by atoms with E-state index in [4.69, 9.17) is 21.3 Å². The first-order valence-electron chi connectivity index (χ1n) is 5.08. The summed E-state index contributed by atoms with van der Waals surface area (Å²) in [6.07, 6.45) is 0. The van der Waals surface area contributed by atoms with E-state index in [1.807, 2.05) is 18.9 Å². The topological polar surface area (TPSA) is 56.9 Å². The maximum atomic E-state index is 10.9.